The van der Waals surface area contributed by atoms with Crippen molar-refractivity contribution in [2.24, 2.45) is 0 Å². The summed E-state index contributed by atoms with van der Waals surface area (Å²) in [6, 6.07) is 19.9. The topological polar surface area (TPSA) is 9.23 Å². The molecule has 0 spiro atoms. The van der Waals surface area contributed by atoms with Gasteiger partial charge in [0.25, 0.3) is 0 Å². The van der Waals surface area contributed by atoms with Crippen molar-refractivity contribution in [1.82, 2.24) is 0 Å². The zero-order chi connectivity index (χ0) is 33.7. The first-order valence-electron chi connectivity index (χ1n) is 14.8. The molecule has 5 rings (SSSR count). The molecule has 1 nitrogen and oxygen atoms in total. The second-order valence-electron chi connectivity index (χ2n) is 11.0. The largest absolute Gasteiger partial charge is 0.429 e. The fraction of sp³-hybridized carbons (Fsp3) is 0.158. The van der Waals surface area contributed by atoms with Gasteiger partial charge in [0.2, 0.25) is 0 Å². The summed E-state index contributed by atoms with van der Waals surface area (Å²) in [4.78, 5) is 0. The summed E-state index contributed by atoms with van der Waals surface area (Å²) in [7, 11) is 0. The number of rotatable bonds is 11. The number of unbranched alkanes of at least 4 members (excludes halogenated alkanes) is 2. The highest BCUT2D eigenvalue weighted by Crippen LogP contribution is 2.33. The van der Waals surface area contributed by atoms with Crippen molar-refractivity contribution in [3.8, 4) is 39.1 Å². The standard InChI is InChI=1S/C38H28F8O/c1-2-3-4-5-23-6-8-24(9-7-23)26-12-15-30(32(39)18-26)28-21-33(40)31(34(41)22-28)16-17-38(45,46)47-29-13-10-25(11-14-29)27-19-35(42)37(44)36(43)20-27/h6-22H,2-5H2,1H3/b17-16+. The minimum atomic E-state index is -4.02. The van der Waals surface area contributed by atoms with E-state index in [-0.39, 0.29) is 34.1 Å². The first-order valence-corrected chi connectivity index (χ1v) is 14.8. The molecule has 5 aromatic carbocycles. The van der Waals surface area contributed by atoms with Crippen LogP contribution in [0.3, 0.4) is 0 Å². The molecule has 0 aliphatic heterocycles. The molecular weight excluding hydrogens is 624 g/mol. The van der Waals surface area contributed by atoms with Crippen LogP contribution in [-0.2, 0) is 6.42 Å². The fourth-order valence-electron chi connectivity index (χ4n) is 5.08. The van der Waals surface area contributed by atoms with Crippen molar-refractivity contribution < 1.29 is 39.9 Å². The Hall–Kier alpha value is -4.92. The van der Waals surface area contributed by atoms with Crippen LogP contribution < -0.4 is 4.74 Å². The third-order valence-electron chi connectivity index (χ3n) is 7.58. The molecule has 0 amide bonds. The second kappa shape index (κ2) is 14.2. The number of ether oxygens (including phenoxy) is 1. The van der Waals surface area contributed by atoms with Crippen LogP contribution in [0.4, 0.5) is 35.1 Å². The Balaban J connectivity index is 1.28. The van der Waals surface area contributed by atoms with E-state index in [0.717, 1.165) is 67.6 Å². The number of aryl methyl sites for hydroxylation is 1. The summed E-state index contributed by atoms with van der Waals surface area (Å²) >= 11 is 0. The zero-order valence-corrected chi connectivity index (χ0v) is 25.1. The summed E-state index contributed by atoms with van der Waals surface area (Å²) in [5.74, 6) is -7.95. The van der Waals surface area contributed by atoms with Crippen molar-refractivity contribution in [2.75, 3.05) is 0 Å². The maximum absolute atomic E-state index is 15.1. The predicted molar refractivity (Wildman–Crippen MR) is 167 cm³/mol. The van der Waals surface area contributed by atoms with Crippen LogP contribution in [0, 0.1) is 34.9 Å². The van der Waals surface area contributed by atoms with Crippen LogP contribution in [0.1, 0.15) is 37.3 Å². The van der Waals surface area contributed by atoms with Gasteiger partial charge in [-0.05, 0) is 94.8 Å². The van der Waals surface area contributed by atoms with E-state index in [9.17, 15) is 30.7 Å². The molecule has 0 bridgehead atoms. The van der Waals surface area contributed by atoms with Gasteiger partial charge >= 0.3 is 6.11 Å². The lowest BCUT2D eigenvalue weighted by Crippen LogP contribution is -2.21. The molecule has 47 heavy (non-hydrogen) atoms. The van der Waals surface area contributed by atoms with Gasteiger partial charge in [-0.3, -0.25) is 0 Å². The van der Waals surface area contributed by atoms with Crippen LogP contribution in [0.25, 0.3) is 39.5 Å². The number of halogens is 8. The Labute approximate surface area is 266 Å². The molecule has 242 valence electrons. The monoisotopic (exact) mass is 652 g/mol. The third-order valence-corrected chi connectivity index (χ3v) is 7.58. The van der Waals surface area contributed by atoms with Gasteiger partial charge in [-0.25, -0.2) is 26.3 Å². The maximum atomic E-state index is 15.1. The molecule has 0 aromatic heterocycles. The molecule has 0 aliphatic carbocycles. The Morgan fingerprint density at radius 3 is 1.70 bits per heavy atom. The summed E-state index contributed by atoms with van der Waals surface area (Å²) in [5, 5.41) is 0. The highest BCUT2D eigenvalue weighted by Gasteiger charge is 2.28. The summed E-state index contributed by atoms with van der Waals surface area (Å²) in [5.41, 5.74) is 1.73. The number of alkyl halides is 2. The van der Waals surface area contributed by atoms with Crippen molar-refractivity contribution >= 4 is 6.08 Å². The van der Waals surface area contributed by atoms with Gasteiger partial charge in [-0.15, -0.1) is 0 Å². The molecule has 0 fully saturated rings. The summed E-state index contributed by atoms with van der Waals surface area (Å²) < 4.78 is 119. The summed E-state index contributed by atoms with van der Waals surface area (Å²) in [6.45, 7) is 2.13. The zero-order valence-electron chi connectivity index (χ0n) is 25.1. The molecule has 9 heteroatoms. The number of hydrogen-bond acceptors (Lipinski definition) is 1. The van der Waals surface area contributed by atoms with E-state index in [4.69, 9.17) is 0 Å². The van der Waals surface area contributed by atoms with E-state index < -0.39 is 46.6 Å². The lowest BCUT2D eigenvalue weighted by molar-refractivity contribution is -0.130. The predicted octanol–water partition coefficient (Wildman–Crippen LogP) is 11.9. The average Bonchev–Trinajstić information content (AvgIpc) is 3.03. The van der Waals surface area contributed by atoms with Gasteiger partial charge in [-0.2, -0.15) is 8.78 Å². The molecule has 5 aromatic rings. The molecule has 0 aliphatic rings. The highest BCUT2D eigenvalue weighted by molar-refractivity contribution is 5.72. The Morgan fingerprint density at radius 2 is 1.11 bits per heavy atom. The molecule has 0 radical (unpaired) electrons. The van der Waals surface area contributed by atoms with Crippen LogP contribution in [0.2, 0.25) is 0 Å². The number of hydrogen-bond donors (Lipinski definition) is 0. The van der Waals surface area contributed by atoms with Gasteiger partial charge in [0.15, 0.2) is 17.5 Å². The van der Waals surface area contributed by atoms with E-state index in [1.54, 1.807) is 6.07 Å². The van der Waals surface area contributed by atoms with Gasteiger partial charge in [-0.1, -0.05) is 68.3 Å². The molecule has 0 heterocycles. The second-order valence-corrected chi connectivity index (χ2v) is 11.0. The van der Waals surface area contributed by atoms with Crippen molar-refractivity contribution in [3.05, 3.63) is 143 Å². The van der Waals surface area contributed by atoms with E-state index in [1.165, 1.54) is 29.8 Å². The Kier molecular flexibility index (Phi) is 10.1. The van der Waals surface area contributed by atoms with Crippen molar-refractivity contribution in [3.63, 3.8) is 0 Å². The van der Waals surface area contributed by atoms with Gasteiger partial charge in [0.05, 0.1) is 0 Å². The quantitative estimate of drug-likeness (QED) is 0.0784. The van der Waals surface area contributed by atoms with E-state index in [0.29, 0.717) is 11.6 Å². The van der Waals surface area contributed by atoms with E-state index in [2.05, 4.69) is 11.7 Å². The van der Waals surface area contributed by atoms with Crippen LogP contribution in [0.15, 0.2) is 97.1 Å². The molecular formula is C38H28F8O. The van der Waals surface area contributed by atoms with Crippen molar-refractivity contribution in [2.45, 2.75) is 38.7 Å². The summed E-state index contributed by atoms with van der Waals surface area (Å²) in [6.07, 6.45) is 0.941. The minimum Gasteiger partial charge on any atom is -0.429 e. The van der Waals surface area contributed by atoms with E-state index in [1.807, 2.05) is 24.3 Å². The molecule has 0 unspecified atom stereocenters. The van der Waals surface area contributed by atoms with Gasteiger partial charge in [0.1, 0.15) is 23.2 Å². The number of benzene rings is 5. The van der Waals surface area contributed by atoms with Crippen molar-refractivity contribution in [1.29, 1.82) is 0 Å². The SMILES string of the molecule is CCCCCc1ccc(-c2ccc(-c3cc(F)c(/C=C/C(F)(F)Oc4ccc(-c5cc(F)c(F)c(F)c5)cc4)c(F)c3)c(F)c2)cc1. The van der Waals surface area contributed by atoms with Crippen LogP contribution in [0.5, 0.6) is 5.75 Å². The highest BCUT2D eigenvalue weighted by atomic mass is 19.3. The van der Waals surface area contributed by atoms with Crippen LogP contribution in [-0.4, -0.2) is 6.11 Å². The molecule has 0 saturated carbocycles. The third kappa shape index (κ3) is 8.09. The van der Waals surface area contributed by atoms with Crippen LogP contribution >= 0.6 is 0 Å². The maximum Gasteiger partial charge on any atom is 0.419 e. The first kappa shape index (κ1) is 33.4. The van der Waals surface area contributed by atoms with Gasteiger partial charge in [0, 0.05) is 17.2 Å². The Bertz CT molecular complexity index is 1850. The van der Waals surface area contributed by atoms with E-state index >= 15 is 4.39 Å². The first-order chi connectivity index (χ1) is 22.4. The fourth-order valence-corrected chi connectivity index (χ4v) is 5.08. The smallest absolute Gasteiger partial charge is 0.419 e. The Morgan fingerprint density at radius 1 is 0.574 bits per heavy atom. The molecule has 0 saturated heterocycles. The lowest BCUT2D eigenvalue weighted by Gasteiger charge is -2.15. The van der Waals surface area contributed by atoms with Gasteiger partial charge < -0.3 is 4.74 Å². The molecule has 0 atom stereocenters. The lowest BCUT2D eigenvalue weighted by atomic mass is 9.97. The normalized spacial score (nSPS) is 11.8. The average molecular weight is 653 g/mol. The minimum absolute atomic E-state index is 0.0346. The molecule has 0 N–H and O–H groups in total.